The second kappa shape index (κ2) is 14.0. The summed E-state index contributed by atoms with van der Waals surface area (Å²) in [5.41, 5.74) is 13.1. The molecule has 13 aromatic rings. The van der Waals surface area contributed by atoms with Crippen LogP contribution in [0.1, 0.15) is 0 Å². The Bertz CT molecular complexity index is 3850. The average molecular weight is 806 g/mol. The molecule has 0 radical (unpaired) electrons. The van der Waals surface area contributed by atoms with Gasteiger partial charge >= 0.3 is 0 Å². The molecule has 0 fully saturated rings. The summed E-state index contributed by atoms with van der Waals surface area (Å²) >= 11 is 0. The maximum absolute atomic E-state index is 6.82. The van der Waals surface area contributed by atoms with Crippen LogP contribution in [-0.4, -0.2) is 24.1 Å². The van der Waals surface area contributed by atoms with E-state index < -0.39 is 0 Å². The first-order valence-electron chi connectivity index (χ1n) is 21.2. The fraction of sp³-hybridized carbons (Fsp3) is 0. The van der Waals surface area contributed by atoms with Gasteiger partial charge in [-0.25, -0.2) is 4.98 Å². The number of aromatic nitrogens is 5. The molecule has 0 amide bonds. The van der Waals surface area contributed by atoms with Crippen LogP contribution in [0.2, 0.25) is 0 Å². The molecule has 4 aromatic heterocycles. The van der Waals surface area contributed by atoms with Gasteiger partial charge < -0.3 is 8.98 Å². The lowest BCUT2D eigenvalue weighted by Crippen LogP contribution is -2.07. The Kier molecular flexibility index (Phi) is 7.80. The van der Waals surface area contributed by atoms with E-state index in [1.54, 1.807) is 0 Å². The van der Waals surface area contributed by atoms with Crippen molar-refractivity contribution in [2.45, 2.75) is 0 Å². The number of hydrogen-bond donors (Lipinski definition) is 0. The predicted molar refractivity (Wildman–Crippen MR) is 258 cm³/mol. The Morgan fingerprint density at radius 3 is 1.46 bits per heavy atom. The van der Waals surface area contributed by atoms with Gasteiger partial charge in [-0.3, -0.25) is 4.57 Å². The lowest BCUT2D eigenvalue weighted by atomic mass is 9.93. The van der Waals surface area contributed by atoms with Gasteiger partial charge in [0.2, 0.25) is 5.95 Å². The molecular weight excluding hydrogens is 771 g/mol. The van der Waals surface area contributed by atoms with E-state index in [2.05, 4.69) is 179 Å². The molecule has 13 rings (SSSR count). The van der Waals surface area contributed by atoms with E-state index >= 15 is 0 Å². The molecule has 0 N–H and O–H groups in total. The average Bonchev–Trinajstić information content (AvgIpc) is 4.02. The summed E-state index contributed by atoms with van der Waals surface area (Å²) in [6, 6.07) is 74.4. The fourth-order valence-corrected chi connectivity index (χ4v) is 9.60. The number of furan rings is 1. The minimum atomic E-state index is 0.548. The highest BCUT2D eigenvalue weighted by Gasteiger charge is 2.25. The van der Waals surface area contributed by atoms with Crippen molar-refractivity contribution in [1.82, 2.24) is 24.1 Å². The Balaban J connectivity index is 1.18. The highest BCUT2D eigenvalue weighted by molar-refractivity contribution is 6.24. The highest BCUT2D eigenvalue weighted by atomic mass is 16.3. The Hall–Kier alpha value is -8.61. The predicted octanol–water partition coefficient (Wildman–Crippen LogP) is 14.6. The van der Waals surface area contributed by atoms with Crippen molar-refractivity contribution in [2.75, 3.05) is 0 Å². The topological polar surface area (TPSA) is 61.7 Å². The van der Waals surface area contributed by atoms with Crippen LogP contribution in [0, 0.1) is 0 Å². The van der Waals surface area contributed by atoms with Gasteiger partial charge in [0.05, 0.1) is 22.1 Å². The number of fused-ring (bicyclic) bond motifs is 10. The zero-order valence-corrected chi connectivity index (χ0v) is 33.9. The molecule has 0 unspecified atom stereocenters. The quantitative estimate of drug-likeness (QED) is 0.168. The standard InChI is InChI=1S/C57H35N5O/c1-4-18-36(19-5-1)40-24-10-11-25-41(40)47-34-39(35-48-44-28-14-17-31-51(44)63-54(47)48)61-49-29-15-12-26-42(49)45-32-33-46-43-27-13-16-30-50(43)62(53(46)52(45)61)57-59-55(37-20-6-2-7-21-37)58-56(60-57)38-22-8-3-9-23-38/h1-35H. The summed E-state index contributed by atoms with van der Waals surface area (Å²) in [5, 5.41) is 6.63. The van der Waals surface area contributed by atoms with E-state index in [-0.39, 0.29) is 0 Å². The molecule has 6 heteroatoms. The minimum absolute atomic E-state index is 0.548. The molecule has 0 saturated heterocycles. The number of nitrogens with zero attached hydrogens (tertiary/aromatic N) is 5. The van der Waals surface area contributed by atoms with Gasteiger partial charge in [-0.15, -0.1) is 0 Å². The van der Waals surface area contributed by atoms with Gasteiger partial charge in [0.15, 0.2) is 11.6 Å². The van der Waals surface area contributed by atoms with Crippen LogP contribution < -0.4 is 0 Å². The molecule has 63 heavy (non-hydrogen) atoms. The van der Waals surface area contributed by atoms with Crippen LogP contribution in [0.5, 0.6) is 0 Å². The molecule has 4 heterocycles. The molecule has 0 atom stereocenters. The number of benzene rings is 9. The van der Waals surface area contributed by atoms with Gasteiger partial charge in [-0.2, -0.15) is 9.97 Å². The number of para-hydroxylation sites is 3. The SMILES string of the molecule is c1ccc(-c2nc(-c3ccccc3)nc(-n3c4ccccc4c4ccc5c6ccccc6n(-c6cc(-c7ccccc7-c7ccccc7)c7oc8ccccc8c7c6)c5c43)n2)cc1. The first kappa shape index (κ1) is 35.2. The zero-order chi connectivity index (χ0) is 41.4. The van der Waals surface area contributed by atoms with Gasteiger partial charge in [-0.1, -0.05) is 182 Å². The molecule has 0 aliphatic carbocycles. The van der Waals surface area contributed by atoms with Crippen molar-refractivity contribution in [3.63, 3.8) is 0 Å². The lowest BCUT2D eigenvalue weighted by Gasteiger charge is -2.16. The van der Waals surface area contributed by atoms with Crippen LogP contribution in [-0.2, 0) is 0 Å². The Labute approximate surface area is 361 Å². The second-order valence-electron chi connectivity index (χ2n) is 16.0. The third-order valence-corrected chi connectivity index (χ3v) is 12.4. The molecule has 0 saturated carbocycles. The van der Waals surface area contributed by atoms with Crippen molar-refractivity contribution in [3.05, 3.63) is 212 Å². The van der Waals surface area contributed by atoms with Gasteiger partial charge in [0.1, 0.15) is 11.2 Å². The van der Waals surface area contributed by atoms with Crippen molar-refractivity contribution in [3.8, 4) is 56.7 Å². The van der Waals surface area contributed by atoms with Crippen molar-refractivity contribution < 1.29 is 4.42 Å². The van der Waals surface area contributed by atoms with Gasteiger partial charge in [0, 0.05) is 54.7 Å². The van der Waals surface area contributed by atoms with Crippen LogP contribution in [0.4, 0.5) is 0 Å². The Morgan fingerprint density at radius 2 is 0.825 bits per heavy atom. The zero-order valence-electron chi connectivity index (χ0n) is 33.9. The summed E-state index contributed by atoms with van der Waals surface area (Å²) in [5.74, 6) is 1.76. The van der Waals surface area contributed by atoms with Crippen LogP contribution >= 0.6 is 0 Å². The summed E-state index contributed by atoms with van der Waals surface area (Å²) in [6.45, 7) is 0. The number of hydrogen-bond acceptors (Lipinski definition) is 4. The van der Waals surface area contributed by atoms with Crippen LogP contribution in [0.25, 0.3) is 122 Å². The monoisotopic (exact) mass is 805 g/mol. The molecule has 0 aliphatic rings. The van der Waals surface area contributed by atoms with Gasteiger partial charge in [0.25, 0.3) is 0 Å². The largest absolute Gasteiger partial charge is 0.455 e. The Morgan fingerprint density at radius 1 is 0.333 bits per heavy atom. The van der Waals surface area contributed by atoms with E-state index in [9.17, 15) is 0 Å². The first-order chi connectivity index (χ1) is 31.3. The highest BCUT2D eigenvalue weighted by Crippen LogP contribution is 2.45. The minimum Gasteiger partial charge on any atom is -0.455 e. The molecule has 0 bridgehead atoms. The molecular formula is C57H35N5O. The van der Waals surface area contributed by atoms with Crippen LogP contribution in [0.3, 0.4) is 0 Å². The van der Waals surface area contributed by atoms with E-state index in [0.717, 1.165) is 105 Å². The van der Waals surface area contributed by atoms with E-state index in [1.807, 2.05) is 42.5 Å². The van der Waals surface area contributed by atoms with Crippen molar-refractivity contribution >= 4 is 65.6 Å². The third-order valence-electron chi connectivity index (χ3n) is 12.4. The van der Waals surface area contributed by atoms with E-state index in [0.29, 0.717) is 17.6 Å². The summed E-state index contributed by atoms with van der Waals surface area (Å²) < 4.78 is 11.5. The second-order valence-corrected chi connectivity index (χ2v) is 16.0. The molecule has 0 spiro atoms. The third kappa shape index (κ3) is 5.48. The molecule has 294 valence electrons. The van der Waals surface area contributed by atoms with E-state index in [1.165, 1.54) is 0 Å². The maximum atomic E-state index is 6.82. The number of rotatable bonds is 6. The smallest absolute Gasteiger partial charge is 0.238 e. The van der Waals surface area contributed by atoms with Gasteiger partial charge in [-0.05, 0) is 47.0 Å². The first-order valence-corrected chi connectivity index (χ1v) is 21.2. The fourth-order valence-electron chi connectivity index (χ4n) is 9.60. The normalized spacial score (nSPS) is 11.8. The molecule has 0 aliphatic heterocycles. The summed E-state index contributed by atoms with van der Waals surface area (Å²) in [7, 11) is 0. The summed E-state index contributed by atoms with van der Waals surface area (Å²) in [4.78, 5) is 15.7. The van der Waals surface area contributed by atoms with E-state index in [4.69, 9.17) is 19.4 Å². The van der Waals surface area contributed by atoms with Crippen molar-refractivity contribution in [1.29, 1.82) is 0 Å². The summed E-state index contributed by atoms with van der Waals surface area (Å²) in [6.07, 6.45) is 0. The lowest BCUT2D eigenvalue weighted by molar-refractivity contribution is 0.670. The van der Waals surface area contributed by atoms with Crippen molar-refractivity contribution in [2.24, 2.45) is 0 Å². The van der Waals surface area contributed by atoms with Crippen LogP contribution in [0.15, 0.2) is 217 Å². The molecule has 9 aromatic carbocycles. The maximum Gasteiger partial charge on any atom is 0.238 e. The molecule has 6 nitrogen and oxygen atoms in total.